The van der Waals surface area contributed by atoms with Crippen LogP contribution in [0.1, 0.15) is 22.8 Å². The maximum absolute atomic E-state index is 13.2. The zero-order valence-electron chi connectivity index (χ0n) is 13.3. The van der Waals surface area contributed by atoms with Gasteiger partial charge in [-0.25, -0.2) is 9.79 Å². The third kappa shape index (κ3) is 4.35. The van der Waals surface area contributed by atoms with Crippen LogP contribution < -0.4 is 0 Å². The molecule has 0 atom stereocenters. The van der Waals surface area contributed by atoms with Crippen molar-refractivity contribution in [3.8, 4) is 11.3 Å². The van der Waals surface area contributed by atoms with Gasteiger partial charge in [-0.3, -0.25) is 4.98 Å². The molecule has 0 radical (unpaired) electrons. The highest BCUT2D eigenvalue weighted by atomic mass is 35.5. The Morgan fingerprint density at radius 3 is 2.54 bits per heavy atom. The molecule has 0 aliphatic rings. The first-order chi connectivity index (χ1) is 11.2. The lowest BCUT2D eigenvalue weighted by molar-refractivity contribution is 0.0600. The summed E-state index contributed by atoms with van der Waals surface area (Å²) >= 11 is 5.54. The van der Waals surface area contributed by atoms with Crippen LogP contribution in [0.2, 0.25) is 0 Å². The van der Waals surface area contributed by atoms with E-state index in [9.17, 15) is 13.6 Å². The molecular weight excluding hydrogens is 338 g/mol. The van der Waals surface area contributed by atoms with Crippen LogP contribution in [0.15, 0.2) is 41.5 Å². The normalized spacial score (nSPS) is 12.2. The van der Waals surface area contributed by atoms with Gasteiger partial charge in [0.2, 0.25) is 0 Å². The van der Waals surface area contributed by atoms with E-state index in [-0.39, 0.29) is 11.3 Å². The number of carbonyl (C=O) groups excluding carboxylic acids is 1. The second-order valence-electron chi connectivity index (χ2n) is 5.27. The quantitative estimate of drug-likeness (QED) is 0.588. The Bertz CT molecular complexity index is 784. The Kier molecular flexibility index (Phi) is 5.29. The summed E-state index contributed by atoms with van der Waals surface area (Å²) in [7, 11) is 1.23. The average Bonchev–Trinajstić information content (AvgIpc) is 2.53. The fraction of sp³-hybridized carbons (Fsp3) is 0.235. The van der Waals surface area contributed by atoms with Crippen LogP contribution in [0.3, 0.4) is 0 Å². The van der Waals surface area contributed by atoms with Crippen molar-refractivity contribution in [3.63, 3.8) is 0 Å². The van der Waals surface area contributed by atoms with Gasteiger partial charge < -0.3 is 4.74 Å². The van der Waals surface area contributed by atoms with Gasteiger partial charge in [-0.2, -0.15) is 8.78 Å². The van der Waals surface area contributed by atoms with Crippen molar-refractivity contribution in [2.75, 3.05) is 7.11 Å². The molecule has 2 rings (SSSR count). The van der Waals surface area contributed by atoms with Gasteiger partial charge in [0.25, 0.3) is 5.92 Å². The van der Waals surface area contributed by atoms with Crippen LogP contribution in [0.4, 0.5) is 14.5 Å². The summed E-state index contributed by atoms with van der Waals surface area (Å²) in [5.41, 5.74) is 2.36. The zero-order chi connectivity index (χ0) is 17.9. The van der Waals surface area contributed by atoms with E-state index in [0.29, 0.717) is 18.2 Å². The molecule has 1 heterocycles. The van der Waals surface area contributed by atoms with Gasteiger partial charge in [0.1, 0.15) is 0 Å². The van der Waals surface area contributed by atoms with Crippen molar-refractivity contribution < 1.29 is 18.3 Å². The Hall–Kier alpha value is -2.34. The molecule has 1 aromatic carbocycles. The largest absolute Gasteiger partial charge is 0.465 e. The van der Waals surface area contributed by atoms with Crippen molar-refractivity contribution in [2.45, 2.75) is 19.8 Å². The predicted octanol–water partition coefficient (Wildman–Crippen LogP) is 4.77. The van der Waals surface area contributed by atoms with Gasteiger partial charge in [-0.15, -0.1) is 0 Å². The van der Waals surface area contributed by atoms with Crippen molar-refractivity contribution >= 4 is 28.4 Å². The first kappa shape index (κ1) is 18.0. The van der Waals surface area contributed by atoms with E-state index in [1.165, 1.54) is 19.2 Å². The summed E-state index contributed by atoms with van der Waals surface area (Å²) in [6.07, 6.45) is 1.66. The minimum absolute atomic E-state index is 0.113. The van der Waals surface area contributed by atoms with Crippen molar-refractivity contribution in [1.29, 1.82) is 0 Å². The van der Waals surface area contributed by atoms with E-state index >= 15 is 0 Å². The number of pyridine rings is 1. The highest BCUT2D eigenvalue weighted by Gasteiger charge is 2.28. The number of hydrogen-bond donors (Lipinski definition) is 0. The molecule has 0 N–H and O–H groups in total. The van der Waals surface area contributed by atoms with Crippen molar-refractivity contribution in [3.05, 3.63) is 47.7 Å². The SMILES string of the molecule is COC(=O)c1cc(/N=C(/Cl)C(C)(F)F)cc(-c2ccc(C)cn2)c1. The van der Waals surface area contributed by atoms with E-state index in [0.717, 1.165) is 5.56 Å². The molecule has 126 valence electrons. The van der Waals surface area contributed by atoms with E-state index in [1.807, 2.05) is 13.0 Å². The number of rotatable bonds is 4. The van der Waals surface area contributed by atoms with Crippen molar-refractivity contribution in [1.82, 2.24) is 4.98 Å². The van der Waals surface area contributed by atoms with Crippen LogP contribution in [0, 0.1) is 6.92 Å². The number of ether oxygens (including phenoxy) is 1. The summed E-state index contributed by atoms with van der Waals surface area (Å²) in [5.74, 6) is -3.88. The van der Waals surface area contributed by atoms with Crippen LogP contribution in [0.25, 0.3) is 11.3 Å². The number of halogens is 3. The van der Waals surface area contributed by atoms with Gasteiger partial charge >= 0.3 is 5.97 Å². The molecule has 0 aliphatic heterocycles. The van der Waals surface area contributed by atoms with Gasteiger partial charge in [0.15, 0.2) is 5.17 Å². The first-order valence-electron chi connectivity index (χ1n) is 6.99. The molecule has 0 spiro atoms. The molecule has 1 aromatic heterocycles. The maximum atomic E-state index is 13.2. The molecule has 0 bridgehead atoms. The molecule has 24 heavy (non-hydrogen) atoms. The molecule has 0 fully saturated rings. The lowest BCUT2D eigenvalue weighted by Gasteiger charge is -2.09. The Labute approximate surface area is 143 Å². The lowest BCUT2D eigenvalue weighted by Crippen LogP contribution is -2.18. The monoisotopic (exact) mass is 352 g/mol. The second-order valence-corrected chi connectivity index (χ2v) is 5.63. The van der Waals surface area contributed by atoms with E-state index in [4.69, 9.17) is 11.6 Å². The van der Waals surface area contributed by atoms with Gasteiger partial charge in [-0.05, 0) is 36.8 Å². The van der Waals surface area contributed by atoms with Crippen LogP contribution in [0.5, 0.6) is 0 Å². The summed E-state index contributed by atoms with van der Waals surface area (Å²) in [6, 6.07) is 8.02. The predicted molar refractivity (Wildman–Crippen MR) is 89.3 cm³/mol. The summed E-state index contributed by atoms with van der Waals surface area (Å²) < 4.78 is 31.1. The highest BCUT2D eigenvalue weighted by molar-refractivity contribution is 6.67. The summed E-state index contributed by atoms with van der Waals surface area (Å²) in [4.78, 5) is 19.8. The Balaban J connectivity index is 2.57. The highest BCUT2D eigenvalue weighted by Crippen LogP contribution is 2.28. The molecule has 0 aliphatic carbocycles. The van der Waals surface area contributed by atoms with Gasteiger partial charge in [0, 0.05) is 18.7 Å². The minimum atomic E-state index is -3.27. The Morgan fingerprint density at radius 2 is 2.00 bits per heavy atom. The number of alkyl halides is 2. The Morgan fingerprint density at radius 1 is 1.29 bits per heavy atom. The molecule has 4 nitrogen and oxygen atoms in total. The van der Waals surface area contributed by atoms with Gasteiger partial charge in [-0.1, -0.05) is 17.7 Å². The van der Waals surface area contributed by atoms with Crippen LogP contribution >= 0.6 is 11.6 Å². The second kappa shape index (κ2) is 7.05. The number of methoxy groups -OCH3 is 1. The minimum Gasteiger partial charge on any atom is -0.465 e. The van der Waals surface area contributed by atoms with Crippen LogP contribution in [-0.2, 0) is 4.74 Å². The number of esters is 1. The molecule has 0 saturated heterocycles. The van der Waals surface area contributed by atoms with Crippen LogP contribution in [-0.4, -0.2) is 29.2 Å². The van der Waals surface area contributed by atoms with Gasteiger partial charge in [0.05, 0.1) is 24.1 Å². The topological polar surface area (TPSA) is 51.5 Å². The van der Waals surface area contributed by atoms with E-state index in [2.05, 4.69) is 14.7 Å². The molecule has 0 unspecified atom stereocenters. The number of benzene rings is 1. The first-order valence-corrected chi connectivity index (χ1v) is 7.37. The third-order valence-electron chi connectivity index (χ3n) is 3.14. The lowest BCUT2D eigenvalue weighted by atomic mass is 10.1. The molecule has 0 saturated carbocycles. The van der Waals surface area contributed by atoms with Crippen molar-refractivity contribution in [2.24, 2.45) is 4.99 Å². The number of carbonyl (C=O) groups is 1. The average molecular weight is 353 g/mol. The molecule has 7 heteroatoms. The summed E-state index contributed by atoms with van der Waals surface area (Å²) in [6.45, 7) is 2.53. The number of hydrogen-bond acceptors (Lipinski definition) is 4. The fourth-order valence-corrected chi connectivity index (χ4v) is 2.01. The van der Waals surface area contributed by atoms with E-state index < -0.39 is 17.1 Å². The number of nitrogens with zero attached hydrogens (tertiary/aromatic N) is 2. The summed E-state index contributed by atoms with van der Waals surface area (Å²) in [5, 5.41) is -0.868. The molecular formula is C17H15ClF2N2O2. The molecule has 2 aromatic rings. The number of aromatic nitrogens is 1. The third-order valence-corrected chi connectivity index (χ3v) is 3.55. The molecule has 0 amide bonds. The maximum Gasteiger partial charge on any atom is 0.337 e. The standard InChI is InChI=1S/C17H15ClF2N2O2/c1-10-4-5-14(21-9-10)11-6-12(15(23)24-3)8-13(7-11)22-16(18)17(2,19)20/h4-9H,1-3H3/b22-16+. The van der Waals surface area contributed by atoms with E-state index in [1.54, 1.807) is 18.3 Å². The fourth-order valence-electron chi connectivity index (χ4n) is 1.91. The number of aryl methyl sites for hydroxylation is 1. The number of aliphatic imine (C=N–C) groups is 1. The zero-order valence-corrected chi connectivity index (χ0v) is 14.1. The smallest absolute Gasteiger partial charge is 0.337 e.